The normalized spacial score (nSPS) is 20.7. The predicted molar refractivity (Wildman–Crippen MR) is 81.5 cm³/mol. The zero-order valence-electron chi connectivity index (χ0n) is 13.0. The van der Waals surface area contributed by atoms with E-state index in [0.717, 1.165) is 18.5 Å². The maximum absolute atomic E-state index is 14.0. The number of nitrogens with zero attached hydrogens (tertiary/aromatic N) is 1. The summed E-state index contributed by atoms with van der Waals surface area (Å²) in [4.78, 5) is 2.15. The molecule has 2 nitrogen and oxygen atoms in total. The molecule has 2 rings (SSSR count). The molecular weight excluding hydrogens is 253 g/mol. The third-order valence-electron chi connectivity index (χ3n) is 4.68. The van der Waals surface area contributed by atoms with Gasteiger partial charge in [-0.15, -0.1) is 0 Å². The van der Waals surface area contributed by atoms with Crippen LogP contribution in [-0.2, 0) is 0 Å². The first-order valence-corrected chi connectivity index (χ1v) is 7.51. The molecule has 1 atom stereocenters. The van der Waals surface area contributed by atoms with Gasteiger partial charge in [0.05, 0.1) is 6.10 Å². The molecule has 0 spiro atoms. The Labute approximate surface area is 121 Å². The highest BCUT2D eigenvalue weighted by Gasteiger charge is 2.30. The van der Waals surface area contributed by atoms with Gasteiger partial charge in [-0.05, 0) is 50.2 Å². The molecule has 0 aromatic heterocycles. The Morgan fingerprint density at radius 3 is 2.45 bits per heavy atom. The van der Waals surface area contributed by atoms with Gasteiger partial charge in [-0.25, -0.2) is 4.39 Å². The van der Waals surface area contributed by atoms with Crippen LogP contribution in [0.15, 0.2) is 18.2 Å². The van der Waals surface area contributed by atoms with E-state index in [0.29, 0.717) is 17.0 Å². The molecule has 0 radical (unpaired) electrons. The average Bonchev–Trinajstić information content (AvgIpc) is 2.37. The summed E-state index contributed by atoms with van der Waals surface area (Å²) in [6.45, 7) is 6.25. The number of rotatable bonds is 3. The first-order valence-electron chi connectivity index (χ1n) is 7.51. The number of hydrogen-bond donors (Lipinski definition) is 1. The van der Waals surface area contributed by atoms with Gasteiger partial charge in [0.1, 0.15) is 5.82 Å². The van der Waals surface area contributed by atoms with Crippen LogP contribution in [0.25, 0.3) is 0 Å². The van der Waals surface area contributed by atoms with Crippen molar-refractivity contribution in [3.8, 4) is 0 Å². The van der Waals surface area contributed by atoms with Gasteiger partial charge in [-0.1, -0.05) is 19.9 Å². The monoisotopic (exact) mass is 279 g/mol. The molecule has 1 N–H and O–H groups in total. The van der Waals surface area contributed by atoms with Crippen molar-refractivity contribution in [1.29, 1.82) is 0 Å². The first-order chi connectivity index (χ1) is 9.32. The fourth-order valence-corrected chi connectivity index (χ4v) is 3.21. The van der Waals surface area contributed by atoms with E-state index in [4.69, 9.17) is 0 Å². The summed E-state index contributed by atoms with van der Waals surface area (Å²) in [7, 11) is 2.02. The summed E-state index contributed by atoms with van der Waals surface area (Å²) in [6.07, 6.45) is 3.86. The quantitative estimate of drug-likeness (QED) is 0.892. The fraction of sp³-hybridized carbons (Fsp3) is 0.647. The average molecular weight is 279 g/mol. The minimum atomic E-state index is -0.784. The second kappa shape index (κ2) is 5.72. The maximum Gasteiger partial charge on any atom is 0.131 e. The molecule has 0 saturated heterocycles. The van der Waals surface area contributed by atoms with Gasteiger partial charge in [0, 0.05) is 24.3 Å². The Morgan fingerprint density at radius 2 is 1.90 bits per heavy atom. The van der Waals surface area contributed by atoms with E-state index in [1.54, 1.807) is 13.0 Å². The lowest BCUT2D eigenvalue weighted by Crippen LogP contribution is -2.37. The molecule has 3 heteroatoms. The molecule has 0 bridgehead atoms. The highest BCUT2D eigenvalue weighted by Crippen LogP contribution is 2.39. The molecule has 112 valence electrons. The minimum Gasteiger partial charge on any atom is -0.389 e. The standard InChI is InChI=1S/C17H26FNO/c1-12(20)16-14(18)6-5-7-15(16)19(4)13-8-10-17(2,3)11-9-13/h5-7,12-13,20H,8-11H2,1-4H3/t12-/m0/s1. The summed E-state index contributed by atoms with van der Waals surface area (Å²) in [6, 6.07) is 5.48. The van der Waals surface area contributed by atoms with E-state index < -0.39 is 6.10 Å². The van der Waals surface area contributed by atoms with E-state index in [-0.39, 0.29) is 5.82 Å². The molecule has 1 fully saturated rings. The van der Waals surface area contributed by atoms with Gasteiger partial charge in [0.15, 0.2) is 0 Å². The second-order valence-corrected chi connectivity index (χ2v) is 6.85. The smallest absolute Gasteiger partial charge is 0.131 e. The van der Waals surface area contributed by atoms with Crippen LogP contribution in [-0.4, -0.2) is 18.2 Å². The molecule has 0 amide bonds. The Balaban J connectivity index is 2.22. The maximum atomic E-state index is 14.0. The van der Waals surface area contributed by atoms with Crippen LogP contribution in [0.4, 0.5) is 10.1 Å². The zero-order chi connectivity index (χ0) is 14.9. The predicted octanol–water partition coefficient (Wildman–Crippen LogP) is 4.28. The van der Waals surface area contributed by atoms with E-state index >= 15 is 0 Å². The molecule has 1 aromatic rings. The van der Waals surface area contributed by atoms with Crippen LogP contribution in [0.2, 0.25) is 0 Å². The van der Waals surface area contributed by atoms with Gasteiger partial charge in [0.25, 0.3) is 0 Å². The molecule has 0 unspecified atom stereocenters. The van der Waals surface area contributed by atoms with Crippen molar-refractivity contribution in [2.75, 3.05) is 11.9 Å². The van der Waals surface area contributed by atoms with Crippen molar-refractivity contribution in [2.45, 2.75) is 58.6 Å². The molecule has 1 aliphatic carbocycles. The second-order valence-electron chi connectivity index (χ2n) is 6.85. The van der Waals surface area contributed by atoms with Crippen molar-refractivity contribution >= 4 is 5.69 Å². The van der Waals surface area contributed by atoms with Crippen LogP contribution in [0.1, 0.15) is 58.1 Å². The molecule has 20 heavy (non-hydrogen) atoms. The van der Waals surface area contributed by atoms with Crippen LogP contribution in [0, 0.1) is 11.2 Å². The van der Waals surface area contributed by atoms with Crippen LogP contribution < -0.4 is 4.90 Å². The largest absolute Gasteiger partial charge is 0.389 e. The van der Waals surface area contributed by atoms with E-state index in [9.17, 15) is 9.50 Å². The van der Waals surface area contributed by atoms with Crippen molar-refractivity contribution in [1.82, 2.24) is 0 Å². The number of halogens is 1. The van der Waals surface area contributed by atoms with Gasteiger partial charge >= 0.3 is 0 Å². The Kier molecular flexibility index (Phi) is 4.38. The number of aliphatic hydroxyl groups excluding tert-OH is 1. The Bertz CT molecular complexity index is 460. The van der Waals surface area contributed by atoms with Crippen LogP contribution in [0.5, 0.6) is 0 Å². The van der Waals surface area contributed by atoms with Gasteiger partial charge < -0.3 is 10.0 Å². The van der Waals surface area contributed by atoms with E-state index in [2.05, 4.69) is 18.7 Å². The van der Waals surface area contributed by atoms with Gasteiger partial charge in [-0.3, -0.25) is 0 Å². The summed E-state index contributed by atoms with van der Waals surface area (Å²) >= 11 is 0. The third kappa shape index (κ3) is 3.14. The third-order valence-corrected chi connectivity index (χ3v) is 4.68. The molecular formula is C17H26FNO. The van der Waals surface area contributed by atoms with Crippen LogP contribution in [0.3, 0.4) is 0 Å². The molecule has 0 aliphatic heterocycles. The Morgan fingerprint density at radius 1 is 1.30 bits per heavy atom. The van der Waals surface area contributed by atoms with E-state index in [1.807, 2.05) is 13.1 Å². The van der Waals surface area contributed by atoms with Crippen molar-refractivity contribution < 1.29 is 9.50 Å². The number of anilines is 1. The summed E-state index contributed by atoms with van der Waals surface area (Å²) in [5.41, 5.74) is 1.66. The fourth-order valence-electron chi connectivity index (χ4n) is 3.21. The molecule has 0 heterocycles. The first kappa shape index (κ1) is 15.3. The zero-order valence-corrected chi connectivity index (χ0v) is 13.0. The summed E-state index contributed by atoms with van der Waals surface area (Å²) < 4.78 is 14.0. The summed E-state index contributed by atoms with van der Waals surface area (Å²) in [5.74, 6) is -0.319. The van der Waals surface area contributed by atoms with Crippen molar-refractivity contribution in [3.05, 3.63) is 29.6 Å². The number of benzene rings is 1. The van der Waals surface area contributed by atoms with Crippen molar-refractivity contribution in [3.63, 3.8) is 0 Å². The number of aliphatic hydroxyl groups is 1. The van der Waals surface area contributed by atoms with Gasteiger partial charge in [0.2, 0.25) is 0 Å². The van der Waals surface area contributed by atoms with Gasteiger partial charge in [-0.2, -0.15) is 0 Å². The lowest BCUT2D eigenvalue weighted by atomic mass is 9.75. The molecule has 1 aromatic carbocycles. The highest BCUT2D eigenvalue weighted by atomic mass is 19.1. The molecule has 1 saturated carbocycles. The topological polar surface area (TPSA) is 23.5 Å². The summed E-state index contributed by atoms with van der Waals surface area (Å²) in [5, 5.41) is 9.85. The number of hydrogen-bond acceptors (Lipinski definition) is 2. The SMILES string of the molecule is C[C@H](O)c1c(F)cccc1N(C)C1CCC(C)(C)CC1. The van der Waals surface area contributed by atoms with Crippen molar-refractivity contribution in [2.24, 2.45) is 5.41 Å². The molecule has 1 aliphatic rings. The Hall–Kier alpha value is -1.09. The minimum absolute atomic E-state index is 0.319. The lowest BCUT2D eigenvalue weighted by molar-refractivity contribution is 0.193. The highest BCUT2D eigenvalue weighted by molar-refractivity contribution is 5.55. The van der Waals surface area contributed by atoms with E-state index in [1.165, 1.54) is 18.9 Å². The lowest BCUT2D eigenvalue weighted by Gasteiger charge is -2.40. The van der Waals surface area contributed by atoms with Crippen LogP contribution >= 0.6 is 0 Å².